The van der Waals surface area contributed by atoms with Crippen LogP contribution < -0.4 is 5.32 Å². The summed E-state index contributed by atoms with van der Waals surface area (Å²) in [7, 11) is -3.68. The maximum atomic E-state index is 13.4. The number of rotatable bonds is 6. The largest absolute Gasteiger partial charge is 0.353 e. The Balaban J connectivity index is 1.46. The molecule has 4 rings (SSSR count). The Bertz CT molecular complexity index is 1040. The van der Waals surface area contributed by atoms with Gasteiger partial charge >= 0.3 is 0 Å². The van der Waals surface area contributed by atoms with Gasteiger partial charge in [-0.1, -0.05) is 37.1 Å². The summed E-state index contributed by atoms with van der Waals surface area (Å²) in [5.74, 6) is 0.853. The van der Waals surface area contributed by atoms with Crippen LogP contribution in [0.3, 0.4) is 0 Å². The molecule has 9 heteroatoms. The highest BCUT2D eigenvalue weighted by Gasteiger charge is 2.34. The van der Waals surface area contributed by atoms with Crippen LogP contribution >= 0.6 is 0 Å². The Kier molecular flexibility index (Phi) is 6.43. The van der Waals surface area contributed by atoms with E-state index in [2.05, 4.69) is 15.5 Å². The van der Waals surface area contributed by atoms with Crippen LogP contribution in [0.25, 0.3) is 11.4 Å². The second kappa shape index (κ2) is 9.08. The van der Waals surface area contributed by atoms with Crippen LogP contribution in [0, 0.1) is 12.8 Å². The normalized spacial score (nSPS) is 19.0. The first kappa shape index (κ1) is 22.0. The molecule has 1 aliphatic carbocycles. The fraction of sp³-hybridized carbons (Fsp3) is 0.591. The summed E-state index contributed by atoms with van der Waals surface area (Å²) in [5.41, 5.74) is 1.28. The minimum atomic E-state index is -3.68. The van der Waals surface area contributed by atoms with Crippen molar-refractivity contribution in [2.24, 2.45) is 5.92 Å². The lowest BCUT2D eigenvalue weighted by Gasteiger charge is -2.31. The van der Waals surface area contributed by atoms with Gasteiger partial charge in [-0.25, -0.2) is 8.42 Å². The molecule has 0 spiro atoms. The lowest BCUT2D eigenvalue weighted by molar-refractivity contribution is -0.126. The summed E-state index contributed by atoms with van der Waals surface area (Å²) in [5, 5.41) is 7.10. The van der Waals surface area contributed by atoms with Crippen LogP contribution in [0.15, 0.2) is 27.6 Å². The molecule has 2 heterocycles. The van der Waals surface area contributed by atoms with E-state index in [1.807, 2.05) is 6.92 Å². The lowest BCUT2D eigenvalue weighted by Crippen LogP contribution is -2.44. The van der Waals surface area contributed by atoms with Gasteiger partial charge in [-0.3, -0.25) is 4.79 Å². The van der Waals surface area contributed by atoms with Gasteiger partial charge in [0.2, 0.25) is 27.6 Å². The fourth-order valence-corrected chi connectivity index (χ4v) is 6.14. The zero-order valence-corrected chi connectivity index (χ0v) is 19.0. The van der Waals surface area contributed by atoms with Gasteiger partial charge in [0.25, 0.3) is 0 Å². The molecule has 1 saturated heterocycles. The summed E-state index contributed by atoms with van der Waals surface area (Å²) >= 11 is 0. The van der Waals surface area contributed by atoms with Gasteiger partial charge in [0.1, 0.15) is 0 Å². The molecule has 8 nitrogen and oxygen atoms in total. The van der Waals surface area contributed by atoms with E-state index in [9.17, 15) is 13.2 Å². The first-order valence-electron chi connectivity index (χ1n) is 11.1. The van der Waals surface area contributed by atoms with Crippen LogP contribution in [0.4, 0.5) is 0 Å². The molecule has 1 aromatic carbocycles. The van der Waals surface area contributed by atoms with Gasteiger partial charge < -0.3 is 9.84 Å². The number of aromatic nitrogens is 2. The quantitative estimate of drug-likeness (QED) is 0.731. The van der Waals surface area contributed by atoms with Crippen LogP contribution in [0.5, 0.6) is 0 Å². The van der Waals surface area contributed by atoms with Crippen molar-refractivity contribution in [1.82, 2.24) is 19.8 Å². The number of benzene rings is 1. The smallest absolute Gasteiger partial charge is 0.243 e. The van der Waals surface area contributed by atoms with Gasteiger partial charge in [0.15, 0.2) is 0 Å². The molecular weight excluding hydrogens is 416 g/mol. The van der Waals surface area contributed by atoms with E-state index in [1.165, 1.54) is 17.1 Å². The summed E-state index contributed by atoms with van der Waals surface area (Å²) in [6.45, 7) is 4.39. The monoisotopic (exact) mass is 446 g/mol. The number of piperidine rings is 1. The van der Waals surface area contributed by atoms with Gasteiger partial charge in [-0.15, -0.1) is 0 Å². The lowest BCUT2D eigenvalue weighted by atomic mass is 9.97. The Labute approximate surface area is 183 Å². The molecule has 31 heavy (non-hydrogen) atoms. The van der Waals surface area contributed by atoms with Crippen molar-refractivity contribution in [3.8, 4) is 11.4 Å². The molecule has 0 atom stereocenters. The van der Waals surface area contributed by atoms with Crippen molar-refractivity contribution >= 4 is 15.9 Å². The number of amides is 1. The van der Waals surface area contributed by atoms with E-state index < -0.39 is 10.0 Å². The molecule has 1 amide bonds. The van der Waals surface area contributed by atoms with Gasteiger partial charge in [0.05, 0.1) is 4.90 Å². The molecule has 1 N–H and O–H groups in total. The van der Waals surface area contributed by atoms with Crippen molar-refractivity contribution in [3.05, 3.63) is 29.7 Å². The van der Waals surface area contributed by atoms with E-state index >= 15 is 0 Å². The van der Waals surface area contributed by atoms with Gasteiger partial charge in [-0.05, 0) is 44.2 Å². The second-order valence-electron chi connectivity index (χ2n) is 8.51. The fourth-order valence-electron chi connectivity index (χ4n) is 4.42. The van der Waals surface area contributed by atoms with Crippen molar-refractivity contribution in [3.63, 3.8) is 0 Å². The third-order valence-electron chi connectivity index (χ3n) is 6.36. The number of carbonyl (C=O) groups is 1. The summed E-state index contributed by atoms with van der Waals surface area (Å²) in [6, 6.07) is 5.48. The molecular formula is C22H30N4O4S. The average molecular weight is 447 g/mol. The number of aryl methyl sites for hydroxylation is 2. The Morgan fingerprint density at radius 2 is 1.90 bits per heavy atom. The predicted octanol–water partition coefficient (Wildman–Crippen LogP) is 3.07. The van der Waals surface area contributed by atoms with E-state index in [1.54, 1.807) is 25.1 Å². The van der Waals surface area contributed by atoms with E-state index in [0.29, 0.717) is 55.2 Å². The molecule has 0 radical (unpaired) electrons. The molecule has 0 unspecified atom stereocenters. The molecule has 2 fully saturated rings. The second-order valence-corrected chi connectivity index (χ2v) is 10.4. The molecule has 2 aromatic rings. The average Bonchev–Trinajstić information content (AvgIpc) is 3.46. The Morgan fingerprint density at radius 3 is 2.55 bits per heavy atom. The van der Waals surface area contributed by atoms with Crippen LogP contribution in [-0.4, -0.2) is 47.9 Å². The van der Waals surface area contributed by atoms with Crippen molar-refractivity contribution < 1.29 is 17.7 Å². The Morgan fingerprint density at radius 1 is 1.19 bits per heavy atom. The van der Waals surface area contributed by atoms with Crippen molar-refractivity contribution in [1.29, 1.82) is 0 Å². The maximum Gasteiger partial charge on any atom is 0.243 e. The standard InChI is InChI=1S/C22H30N4O4S/c1-3-20-24-21(25-30-20)17-9-8-15(2)19(14-17)31(28,29)26-12-10-16(11-13-26)22(27)23-18-6-4-5-7-18/h8-9,14,16,18H,3-7,10-13H2,1-2H3,(H,23,27). The van der Waals surface area contributed by atoms with Gasteiger partial charge in [0, 0.05) is 37.0 Å². The first-order valence-corrected chi connectivity index (χ1v) is 12.6. The third-order valence-corrected chi connectivity index (χ3v) is 8.40. The van der Waals surface area contributed by atoms with Crippen molar-refractivity contribution in [2.75, 3.05) is 13.1 Å². The van der Waals surface area contributed by atoms with Crippen molar-refractivity contribution in [2.45, 2.75) is 69.7 Å². The van der Waals surface area contributed by atoms with Gasteiger partial charge in [-0.2, -0.15) is 9.29 Å². The summed E-state index contributed by atoms with van der Waals surface area (Å²) < 4.78 is 33.4. The minimum Gasteiger partial charge on any atom is -0.353 e. The minimum absolute atomic E-state index is 0.0750. The summed E-state index contributed by atoms with van der Waals surface area (Å²) in [4.78, 5) is 17.1. The zero-order valence-electron chi connectivity index (χ0n) is 18.1. The summed E-state index contributed by atoms with van der Waals surface area (Å²) in [6.07, 6.45) is 6.15. The third kappa shape index (κ3) is 4.67. The van der Waals surface area contributed by atoms with E-state index in [4.69, 9.17) is 4.52 Å². The molecule has 168 valence electrons. The zero-order chi connectivity index (χ0) is 22.0. The molecule has 1 aromatic heterocycles. The highest BCUT2D eigenvalue weighted by Crippen LogP contribution is 2.29. The van der Waals surface area contributed by atoms with E-state index in [-0.39, 0.29) is 22.8 Å². The topological polar surface area (TPSA) is 105 Å². The number of carbonyl (C=O) groups excluding carboxylic acids is 1. The molecule has 2 aliphatic rings. The number of nitrogens with zero attached hydrogens (tertiary/aromatic N) is 3. The highest BCUT2D eigenvalue weighted by atomic mass is 32.2. The predicted molar refractivity (Wildman–Crippen MR) is 116 cm³/mol. The SMILES string of the molecule is CCc1nc(-c2ccc(C)c(S(=O)(=O)N3CCC(C(=O)NC4CCCC4)CC3)c2)no1. The molecule has 0 bridgehead atoms. The van der Waals surface area contributed by atoms with Crippen LogP contribution in [0.1, 0.15) is 56.9 Å². The number of sulfonamides is 1. The number of nitrogens with one attached hydrogen (secondary N) is 1. The van der Waals surface area contributed by atoms with Crippen LogP contribution in [0.2, 0.25) is 0 Å². The maximum absolute atomic E-state index is 13.4. The molecule has 1 aliphatic heterocycles. The Hall–Kier alpha value is -2.26. The number of hydrogen-bond acceptors (Lipinski definition) is 6. The highest BCUT2D eigenvalue weighted by molar-refractivity contribution is 7.89. The first-order chi connectivity index (χ1) is 14.9. The number of hydrogen-bond donors (Lipinski definition) is 1. The molecule has 1 saturated carbocycles. The van der Waals surface area contributed by atoms with Crippen LogP contribution in [-0.2, 0) is 21.2 Å². The van der Waals surface area contributed by atoms with E-state index in [0.717, 1.165) is 12.8 Å².